The van der Waals surface area contributed by atoms with E-state index in [1.165, 1.54) is 0 Å². The second-order valence-electron chi connectivity index (χ2n) is 4.75. The molecule has 0 bridgehead atoms. The Labute approximate surface area is 128 Å². The van der Waals surface area contributed by atoms with Crippen LogP contribution in [0.4, 0.5) is 0 Å². The molecule has 0 aliphatic carbocycles. The summed E-state index contributed by atoms with van der Waals surface area (Å²) in [6.45, 7) is 0. The Morgan fingerprint density at radius 2 is 1.73 bits per heavy atom. The molecule has 0 N–H and O–H groups in total. The average Bonchev–Trinajstić information content (AvgIpc) is 2.59. The summed E-state index contributed by atoms with van der Waals surface area (Å²) in [6.07, 6.45) is 1.73. The van der Waals surface area contributed by atoms with Gasteiger partial charge in [-0.2, -0.15) is 5.26 Å². The van der Waals surface area contributed by atoms with Crippen molar-refractivity contribution in [3.8, 4) is 28.8 Å². The van der Waals surface area contributed by atoms with Crippen LogP contribution in [0.15, 0.2) is 48.7 Å². The first-order valence-electron chi connectivity index (χ1n) is 6.78. The molecular weight excluding hydrogens is 276 g/mol. The van der Waals surface area contributed by atoms with Crippen LogP contribution in [0, 0.1) is 11.3 Å². The molecule has 4 nitrogen and oxygen atoms in total. The first kappa shape index (κ1) is 13.9. The summed E-state index contributed by atoms with van der Waals surface area (Å²) in [5.74, 6) is 1.31. The van der Waals surface area contributed by atoms with Crippen LogP contribution in [0.3, 0.4) is 0 Å². The molecule has 2 aromatic carbocycles. The third kappa shape index (κ3) is 2.23. The molecule has 0 saturated heterocycles. The van der Waals surface area contributed by atoms with E-state index in [0.717, 1.165) is 22.0 Å². The summed E-state index contributed by atoms with van der Waals surface area (Å²) in [4.78, 5) is 4.47. The monoisotopic (exact) mass is 290 g/mol. The third-order valence-electron chi connectivity index (χ3n) is 3.57. The molecular formula is C18H14N2O2. The number of nitrogens with zero attached hydrogens (tertiary/aromatic N) is 2. The Hall–Kier alpha value is -3.06. The molecule has 0 amide bonds. The molecule has 3 rings (SSSR count). The molecule has 22 heavy (non-hydrogen) atoms. The fraction of sp³-hybridized carbons (Fsp3) is 0.111. The van der Waals surface area contributed by atoms with Crippen molar-refractivity contribution in [2.45, 2.75) is 0 Å². The molecule has 1 heterocycles. The fourth-order valence-corrected chi connectivity index (χ4v) is 2.50. The van der Waals surface area contributed by atoms with Gasteiger partial charge in [-0.15, -0.1) is 0 Å². The maximum absolute atomic E-state index is 9.31. The number of hydrogen-bond acceptors (Lipinski definition) is 4. The minimum atomic E-state index is 0.595. The van der Waals surface area contributed by atoms with Crippen molar-refractivity contribution in [2.75, 3.05) is 14.2 Å². The Morgan fingerprint density at radius 1 is 1.00 bits per heavy atom. The van der Waals surface area contributed by atoms with E-state index in [9.17, 15) is 5.26 Å². The van der Waals surface area contributed by atoms with E-state index in [1.54, 1.807) is 26.5 Å². The highest BCUT2D eigenvalue weighted by Gasteiger charge is 2.13. The van der Waals surface area contributed by atoms with Crippen LogP contribution in [-0.4, -0.2) is 19.2 Å². The van der Waals surface area contributed by atoms with E-state index in [4.69, 9.17) is 9.47 Å². The van der Waals surface area contributed by atoms with Crippen LogP contribution in [0.25, 0.3) is 22.0 Å². The largest absolute Gasteiger partial charge is 0.493 e. The lowest BCUT2D eigenvalue weighted by Gasteiger charge is -2.12. The smallest absolute Gasteiger partial charge is 0.161 e. The van der Waals surface area contributed by atoms with Gasteiger partial charge < -0.3 is 9.47 Å². The predicted octanol–water partition coefficient (Wildman–Crippen LogP) is 3.79. The first-order chi connectivity index (χ1) is 10.8. The number of aromatic nitrogens is 1. The number of hydrogen-bond donors (Lipinski definition) is 0. The molecule has 0 aliphatic heterocycles. The van der Waals surface area contributed by atoms with E-state index in [0.29, 0.717) is 17.1 Å². The van der Waals surface area contributed by atoms with Gasteiger partial charge in [-0.25, -0.2) is 0 Å². The topological polar surface area (TPSA) is 55.1 Å². The number of fused-ring (bicyclic) bond motifs is 1. The van der Waals surface area contributed by atoms with Gasteiger partial charge in [-0.3, -0.25) is 4.98 Å². The molecule has 0 unspecified atom stereocenters. The minimum absolute atomic E-state index is 0.595. The molecule has 0 fully saturated rings. The minimum Gasteiger partial charge on any atom is -0.493 e. The zero-order valence-electron chi connectivity index (χ0n) is 12.3. The van der Waals surface area contributed by atoms with Crippen LogP contribution in [0.5, 0.6) is 11.5 Å². The number of benzene rings is 2. The molecule has 0 aliphatic rings. The average molecular weight is 290 g/mol. The molecule has 0 spiro atoms. The fourth-order valence-electron chi connectivity index (χ4n) is 2.50. The van der Waals surface area contributed by atoms with Gasteiger partial charge in [0.1, 0.15) is 0 Å². The number of methoxy groups -OCH3 is 2. The van der Waals surface area contributed by atoms with Crippen molar-refractivity contribution in [1.82, 2.24) is 4.98 Å². The molecule has 3 aromatic rings. The van der Waals surface area contributed by atoms with E-state index >= 15 is 0 Å². The molecule has 0 atom stereocenters. The third-order valence-corrected chi connectivity index (χ3v) is 3.57. The van der Waals surface area contributed by atoms with Gasteiger partial charge in [0.25, 0.3) is 0 Å². The lowest BCUT2D eigenvalue weighted by atomic mass is 9.99. The Balaban J connectivity index is 2.33. The Bertz CT molecular complexity index is 882. The molecule has 0 saturated carbocycles. The van der Waals surface area contributed by atoms with Crippen LogP contribution in [0.2, 0.25) is 0 Å². The Kier molecular flexibility index (Phi) is 3.63. The van der Waals surface area contributed by atoms with Crippen molar-refractivity contribution in [2.24, 2.45) is 0 Å². The maximum atomic E-state index is 9.31. The normalized spacial score (nSPS) is 10.2. The summed E-state index contributed by atoms with van der Waals surface area (Å²) in [7, 11) is 3.21. The van der Waals surface area contributed by atoms with Crippen molar-refractivity contribution in [3.05, 3.63) is 54.2 Å². The zero-order valence-corrected chi connectivity index (χ0v) is 12.3. The van der Waals surface area contributed by atoms with E-state index in [2.05, 4.69) is 11.1 Å². The summed E-state index contributed by atoms with van der Waals surface area (Å²) in [5, 5.41) is 11.2. The first-order valence-corrected chi connectivity index (χ1v) is 6.78. The second kappa shape index (κ2) is 5.74. The highest BCUT2D eigenvalue weighted by molar-refractivity contribution is 5.97. The van der Waals surface area contributed by atoms with E-state index in [1.807, 2.05) is 36.4 Å². The SMILES string of the molecule is COc1cc2ccnc(-c3ccccc3C#N)c2cc1OC. The number of rotatable bonds is 3. The van der Waals surface area contributed by atoms with Crippen LogP contribution in [0.1, 0.15) is 5.56 Å². The van der Waals surface area contributed by atoms with Gasteiger partial charge >= 0.3 is 0 Å². The van der Waals surface area contributed by atoms with Gasteiger partial charge in [0.2, 0.25) is 0 Å². The standard InChI is InChI=1S/C18H14N2O2/c1-21-16-9-12-7-8-20-18(15(12)10-17(16)22-2)14-6-4-3-5-13(14)11-19/h3-10H,1-2H3. The van der Waals surface area contributed by atoms with Crippen LogP contribution >= 0.6 is 0 Å². The number of pyridine rings is 1. The summed E-state index contributed by atoms with van der Waals surface area (Å²) >= 11 is 0. The van der Waals surface area contributed by atoms with E-state index < -0.39 is 0 Å². The highest BCUT2D eigenvalue weighted by Crippen LogP contribution is 2.36. The van der Waals surface area contributed by atoms with Gasteiger partial charge in [-0.05, 0) is 29.7 Å². The molecule has 108 valence electrons. The lowest BCUT2D eigenvalue weighted by molar-refractivity contribution is 0.356. The van der Waals surface area contributed by atoms with Crippen molar-refractivity contribution in [1.29, 1.82) is 5.26 Å². The molecule has 4 heteroatoms. The summed E-state index contributed by atoms with van der Waals surface area (Å²) in [5.41, 5.74) is 2.16. The molecule has 0 radical (unpaired) electrons. The highest BCUT2D eigenvalue weighted by atomic mass is 16.5. The zero-order chi connectivity index (χ0) is 15.5. The van der Waals surface area contributed by atoms with Gasteiger partial charge in [0.05, 0.1) is 31.5 Å². The lowest BCUT2D eigenvalue weighted by Crippen LogP contribution is -1.93. The maximum Gasteiger partial charge on any atom is 0.161 e. The summed E-state index contributed by atoms with van der Waals surface area (Å²) < 4.78 is 10.7. The van der Waals surface area contributed by atoms with Crippen LogP contribution in [-0.2, 0) is 0 Å². The van der Waals surface area contributed by atoms with Gasteiger partial charge in [-0.1, -0.05) is 18.2 Å². The quantitative estimate of drug-likeness (QED) is 0.736. The number of ether oxygens (including phenoxy) is 2. The molecule has 1 aromatic heterocycles. The second-order valence-corrected chi connectivity index (χ2v) is 4.75. The predicted molar refractivity (Wildman–Crippen MR) is 85.0 cm³/mol. The Morgan fingerprint density at radius 3 is 2.45 bits per heavy atom. The number of nitriles is 1. The van der Waals surface area contributed by atoms with Gasteiger partial charge in [0, 0.05) is 17.1 Å². The van der Waals surface area contributed by atoms with Crippen LogP contribution < -0.4 is 9.47 Å². The van der Waals surface area contributed by atoms with Gasteiger partial charge in [0.15, 0.2) is 11.5 Å². The van der Waals surface area contributed by atoms with Crippen molar-refractivity contribution < 1.29 is 9.47 Å². The summed E-state index contributed by atoms with van der Waals surface area (Å²) in [6, 6.07) is 15.4. The van der Waals surface area contributed by atoms with Crippen molar-refractivity contribution in [3.63, 3.8) is 0 Å². The van der Waals surface area contributed by atoms with Crippen molar-refractivity contribution >= 4 is 10.8 Å². The van der Waals surface area contributed by atoms with E-state index in [-0.39, 0.29) is 0 Å².